The van der Waals surface area contributed by atoms with E-state index in [0.717, 1.165) is 16.3 Å². The number of rotatable bonds is 8. The molecule has 0 spiro atoms. The second-order valence-electron chi connectivity index (χ2n) is 6.40. The van der Waals surface area contributed by atoms with E-state index in [0.29, 0.717) is 18.8 Å². The maximum atomic E-state index is 14.0. The molecule has 0 aliphatic carbocycles. The molecule has 0 saturated carbocycles. The van der Waals surface area contributed by atoms with Crippen LogP contribution < -0.4 is 15.0 Å². The van der Waals surface area contributed by atoms with Gasteiger partial charge in [-0.25, -0.2) is 4.39 Å². The van der Waals surface area contributed by atoms with Gasteiger partial charge >= 0.3 is 0 Å². The van der Waals surface area contributed by atoms with Crippen molar-refractivity contribution in [3.05, 3.63) is 48.3 Å². The average molecular weight is 418 g/mol. The van der Waals surface area contributed by atoms with Crippen LogP contribution in [0.4, 0.5) is 15.8 Å². The SMILES string of the molecule is COCCOc1ccc(NC(=O)CCC(=O)N2CCSc3ccccc32)cc1F. The van der Waals surface area contributed by atoms with Gasteiger partial charge in [0.1, 0.15) is 6.61 Å². The Hall–Kier alpha value is -2.58. The lowest BCUT2D eigenvalue weighted by atomic mass is 10.2. The average Bonchev–Trinajstić information content (AvgIpc) is 2.73. The van der Waals surface area contributed by atoms with Gasteiger partial charge in [0.2, 0.25) is 11.8 Å². The fourth-order valence-corrected chi connectivity index (χ4v) is 3.93. The number of anilines is 2. The molecule has 2 amide bonds. The molecular formula is C21H23FN2O4S. The Kier molecular flexibility index (Phi) is 7.48. The first-order chi connectivity index (χ1) is 14.1. The monoisotopic (exact) mass is 418 g/mol. The number of benzene rings is 2. The molecule has 0 aromatic heterocycles. The van der Waals surface area contributed by atoms with Crippen LogP contribution in [-0.4, -0.2) is 44.4 Å². The Bertz CT molecular complexity index is 878. The molecule has 1 aliphatic heterocycles. The molecule has 8 heteroatoms. The van der Waals surface area contributed by atoms with E-state index >= 15 is 0 Å². The quantitative estimate of drug-likeness (QED) is 0.662. The number of halogens is 1. The summed E-state index contributed by atoms with van der Waals surface area (Å²) in [6.45, 7) is 1.21. The molecule has 0 fully saturated rings. The van der Waals surface area contributed by atoms with Crippen LogP contribution in [-0.2, 0) is 14.3 Å². The van der Waals surface area contributed by atoms with E-state index in [-0.39, 0.29) is 37.0 Å². The van der Waals surface area contributed by atoms with Crippen molar-refractivity contribution >= 4 is 35.0 Å². The number of carbonyl (C=O) groups is 2. The summed E-state index contributed by atoms with van der Waals surface area (Å²) in [6, 6.07) is 12.0. The topological polar surface area (TPSA) is 67.9 Å². The van der Waals surface area contributed by atoms with Crippen LogP contribution in [0.15, 0.2) is 47.4 Å². The van der Waals surface area contributed by atoms with Gasteiger partial charge in [-0.1, -0.05) is 12.1 Å². The van der Waals surface area contributed by atoms with Gasteiger partial charge in [-0.15, -0.1) is 11.8 Å². The zero-order valence-corrected chi connectivity index (χ0v) is 17.0. The van der Waals surface area contributed by atoms with Crippen molar-refractivity contribution in [1.82, 2.24) is 0 Å². The van der Waals surface area contributed by atoms with Crippen LogP contribution in [0.1, 0.15) is 12.8 Å². The second-order valence-corrected chi connectivity index (χ2v) is 7.53. The number of nitrogens with one attached hydrogen (secondary N) is 1. The third-order valence-corrected chi connectivity index (χ3v) is 5.40. The van der Waals surface area contributed by atoms with Gasteiger partial charge in [-0.05, 0) is 24.3 Å². The normalized spacial score (nSPS) is 13.0. The number of ether oxygens (including phenoxy) is 2. The number of nitrogens with zero attached hydrogens (tertiary/aromatic N) is 1. The Morgan fingerprint density at radius 1 is 1.17 bits per heavy atom. The number of hydrogen-bond donors (Lipinski definition) is 1. The molecule has 1 heterocycles. The predicted octanol–water partition coefficient (Wildman–Crippen LogP) is 3.71. The van der Waals surface area contributed by atoms with E-state index in [1.54, 1.807) is 22.7 Å². The van der Waals surface area contributed by atoms with Crippen LogP contribution in [0.3, 0.4) is 0 Å². The number of fused-ring (bicyclic) bond motifs is 1. The molecule has 2 aromatic rings. The summed E-state index contributed by atoms with van der Waals surface area (Å²) in [5.41, 5.74) is 1.21. The van der Waals surface area contributed by atoms with Crippen molar-refractivity contribution in [2.45, 2.75) is 17.7 Å². The van der Waals surface area contributed by atoms with Crippen LogP contribution in [0.25, 0.3) is 0 Å². The molecule has 154 valence electrons. The maximum absolute atomic E-state index is 14.0. The summed E-state index contributed by atoms with van der Waals surface area (Å²) in [5.74, 6) is -0.0896. The minimum atomic E-state index is -0.572. The van der Waals surface area contributed by atoms with Crippen LogP contribution in [0.5, 0.6) is 5.75 Å². The van der Waals surface area contributed by atoms with Crippen LogP contribution in [0.2, 0.25) is 0 Å². The highest BCUT2D eigenvalue weighted by molar-refractivity contribution is 7.99. The zero-order valence-electron chi connectivity index (χ0n) is 16.2. The van der Waals surface area contributed by atoms with Crippen molar-refractivity contribution in [2.24, 2.45) is 0 Å². The van der Waals surface area contributed by atoms with Gasteiger partial charge in [-0.2, -0.15) is 0 Å². The van der Waals surface area contributed by atoms with Gasteiger partial charge in [0.25, 0.3) is 0 Å². The molecule has 0 atom stereocenters. The minimum Gasteiger partial charge on any atom is -0.488 e. The van der Waals surface area contributed by atoms with E-state index in [1.165, 1.54) is 19.2 Å². The fourth-order valence-electron chi connectivity index (χ4n) is 2.94. The van der Waals surface area contributed by atoms with Gasteiger partial charge in [-0.3, -0.25) is 9.59 Å². The Labute approximate surface area is 173 Å². The highest BCUT2D eigenvalue weighted by Gasteiger charge is 2.23. The number of para-hydroxylation sites is 1. The van der Waals surface area contributed by atoms with Crippen molar-refractivity contribution in [2.75, 3.05) is 42.8 Å². The van der Waals surface area contributed by atoms with Gasteiger partial charge in [0.05, 0.1) is 12.3 Å². The Morgan fingerprint density at radius 2 is 2.00 bits per heavy atom. The van der Waals surface area contributed by atoms with E-state index in [4.69, 9.17) is 9.47 Å². The summed E-state index contributed by atoms with van der Waals surface area (Å²) >= 11 is 1.72. The van der Waals surface area contributed by atoms with E-state index in [1.807, 2.05) is 24.3 Å². The minimum absolute atomic E-state index is 0.0261. The Morgan fingerprint density at radius 3 is 2.79 bits per heavy atom. The first-order valence-electron chi connectivity index (χ1n) is 9.32. The molecule has 3 rings (SSSR count). The first kappa shape index (κ1) is 21.1. The largest absolute Gasteiger partial charge is 0.488 e. The van der Waals surface area contributed by atoms with Crippen molar-refractivity contribution < 1.29 is 23.5 Å². The molecule has 2 aromatic carbocycles. The number of amides is 2. The van der Waals surface area contributed by atoms with Crippen molar-refractivity contribution in [1.29, 1.82) is 0 Å². The number of thioether (sulfide) groups is 1. The zero-order chi connectivity index (χ0) is 20.6. The lowest BCUT2D eigenvalue weighted by Gasteiger charge is -2.29. The highest BCUT2D eigenvalue weighted by atomic mass is 32.2. The third-order valence-electron chi connectivity index (χ3n) is 4.36. The molecule has 0 saturated heterocycles. The summed E-state index contributed by atoms with van der Waals surface area (Å²) in [5, 5.41) is 2.62. The van der Waals surface area contributed by atoms with E-state index < -0.39 is 5.82 Å². The third kappa shape index (κ3) is 5.71. The standard InChI is InChI=1S/C21H23FN2O4S/c1-27-11-12-28-18-7-6-15(14-16(18)22)23-20(25)8-9-21(26)24-10-13-29-19-5-3-2-4-17(19)24/h2-7,14H,8-13H2,1H3,(H,23,25). The Balaban J connectivity index is 1.51. The second kappa shape index (κ2) is 10.3. The summed E-state index contributed by atoms with van der Waals surface area (Å²) < 4.78 is 24.1. The van der Waals surface area contributed by atoms with Crippen LogP contribution in [0, 0.1) is 5.82 Å². The predicted molar refractivity (Wildman–Crippen MR) is 111 cm³/mol. The summed E-state index contributed by atoms with van der Waals surface area (Å²) in [7, 11) is 1.53. The number of methoxy groups -OCH3 is 1. The smallest absolute Gasteiger partial charge is 0.227 e. The molecule has 0 bridgehead atoms. The fraction of sp³-hybridized carbons (Fsp3) is 0.333. The molecule has 1 N–H and O–H groups in total. The summed E-state index contributed by atoms with van der Waals surface area (Å²) in [4.78, 5) is 27.6. The number of carbonyl (C=O) groups excluding carboxylic acids is 2. The number of hydrogen-bond acceptors (Lipinski definition) is 5. The van der Waals surface area contributed by atoms with Crippen molar-refractivity contribution in [3.63, 3.8) is 0 Å². The van der Waals surface area contributed by atoms with Gasteiger partial charge in [0.15, 0.2) is 11.6 Å². The molecule has 6 nitrogen and oxygen atoms in total. The molecule has 1 aliphatic rings. The molecular weight excluding hydrogens is 395 g/mol. The van der Waals surface area contributed by atoms with E-state index in [9.17, 15) is 14.0 Å². The van der Waals surface area contributed by atoms with Gasteiger partial charge < -0.3 is 19.7 Å². The maximum Gasteiger partial charge on any atom is 0.227 e. The van der Waals surface area contributed by atoms with Crippen molar-refractivity contribution in [3.8, 4) is 5.75 Å². The molecule has 0 radical (unpaired) electrons. The molecule has 29 heavy (non-hydrogen) atoms. The lowest BCUT2D eigenvalue weighted by Crippen LogP contribution is -2.35. The highest BCUT2D eigenvalue weighted by Crippen LogP contribution is 2.34. The lowest BCUT2D eigenvalue weighted by molar-refractivity contribution is -0.122. The molecule has 0 unspecified atom stereocenters. The van der Waals surface area contributed by atoms with Gasteiger partial charge in [0, 0.05) is 48.9 Å². The van der Waals surface area contributed by atoms with E-state index in [2.05, 4.69) is 5.32 Å². The van der Waals surface area contributed by atoms with Crippen LogP contribution >= 0.6 is 11.8 Å². The summed E-state index contributed by atoms with van der Waals surface area (Å²) in [6.07, 6.45) is 0.115. The first-order valence-corrected chi connectivity index (χ1v) is 10.3.